The van der Waals surface area contributed by atoms with Gasteiger partial charge in [0.2, 0.25) is 0 Å². The number of hydrogen-bond acceptors (Lipinski definition) is 3. The molecule has 0 amide bonds. The van der Waals surface area contributed by atoms with Crippen molar-refractivity contribution in [2.45, 2.75) is 20.8 Å². The van der Waals surface area contributed by atoms with Gasteiger partial charge in [0, 0.05) is 20.0 Å². The Balaban J connectivity index is 0. The number of hydrazine groups is 1. The van der Waals surface area contributed by atoms with Crippen LogP contribution in [0, 0.1) is 0 Å². The zero-order chi connectivity index (χ0) is 8.41. The van der Waals surface area contributed by atoms with Crippen molar-refractivity contribution in [1.29, 1.82) is 0 Å². The van der Waals surface area contributed by atoms with Gasteiger partial charge in [-0.3, -0.25) is 15.6 Å². The number of carbonyl (C=O) groups is 1. The maximum Gasteiger partial charge on any atom is 0.300 e. The molecule has 10 heavy (non-hydrogen) atoms. The molecule has 0 radical (unpaired) electrons. The number of rotatable bonds is 3. The van der Waals surface area contributed by atoms with Crippen LogP contribution in [-0.2, 0) is 4.79 Å². The van der Waals surface area contributed by atoms with E-state index in [2.05, 4.69) is 24.7 Å². The number of nitrogens with one attached hydrogen (secondary N) is 2. The highest BCUT2D eigenvalue weighted by molar-refractivity contribution is 5.62. The Morgan fingerprint density at radius 3 is 1.60 bits per heavy atom. The summed E-state index contributed by atoms with van der Waals surface area (Å²) in [7, 11) is 0. The molecule has 0 aliphatic heterocycles. The Morgan fingerprint density at radius 1 is 1.30 bits per heavy atom. The Bertz CT molecular complexity index is 68.1. The second kappa shape index (κ2) is 11.2. The first kappa shape index (κ1) is 12.1. The quantitative estimate of drug-likeness (QED) is 0.395. The van der Waals surface area contributed by atoms with E-state index in [0.717, 1.165) is 20.0 Å². The molecule has 0 aliphatic carbocycles. The number of hydrogen-bond donors (Lipinski definition) is 3. The molecule has 0 unspecified atom stereocenters. The topological polar surface area (TPSA) is 61.4 Å². The second-order valence-electron chi connectivity index (χ2n) is 1.58. The largest absolute Gasteiger partial charge is 0.481 e. The van der Waals surface area contributed by atoms with Crippen LogP contribution in [-0.4, -0.2) is 24.2 Å². The van der Waals surface area contributed by atoms with Crippen molar-refractivity contribution >= 4 is 5.97 Å². The molecule has 0 bridgehead atoms. The molecule has 0 fully saturated rings. The lowest BCUT2D eigenvalue weighted by Gasteiger charge is -1.95. The van der Waals surface area contributed by atoms with Crippen LogP contribution in [0.1, 0.15) is 20.8 Å². The normalized spacial score (nSPS) is 7.90. The van der Waals surface area contributed by atoms with Crippen LogP contribution >= 0.6 is 0 Å². The van der Waals surface area contributed by atoms with Gasteiger partial charge in [-0.1, -0.05) is 13.8 Å². The molecule has 4 heteroatoms. The van der Waals surface area contributed by atoms with Crippen molar-refractivity contribution < 1.29 is 9.90 Å². The SMILES string of the molecule is CC(=O)O.CCNNCC. The monoisotopic (exact) mass is 148 g/mol. The second-order valence-corrected chi connectivity index (χ2v) is 1.58. The summed E-state index contributed by atoms with van der Waals surface area (Å²) in [6, 6.07) is 0. The van der Waals surface area contributed by atoms with Gasteiger partial charge in [0.25, 0.3) is 5.97 Å². The molecule has 0 saturated carbocycles. The number of carboxylic acids is 1. The van der Waals surface area contributed by atoms with Crippen molar-refractivity contribution in [2.24, 2.45) is 0 Å². The minimum atomic E-state index is -0.833. The molecule has 0 aromatic rings. The fourth-order valence-corrected chi connectivity index (χ4v) is 0.250. The van der Waals surface area contributed by atoms with E-state index in [0.29, 0.717) is 0 Å². The van der Waals surface area contributed by atoms with Crippen molar-refractivity contribution in [3.05, 3.63) is 0 Å². The molecule has 0 rings (SSSR count). The summed E-state index contributed by atoms with van der Waals surface area (Å²) in [5.74, 6) is -0.833. The van der Waals surface area contributed by atoms with E-state index in [9.17, 15) is 0 Å². The first-order valence-corrected chi connectivity index (χ1v) is 3.30. The molecule has 3 N–H and O–H groups in total. The predicted octanol–water partition coefficient (Wildman–Crippen LogP) is 0.211. The summed E-state index contributed by atoms with van der Waals surface area (Å²) in [5, 5.41) is 7.42. The van der Waals surface area contributed by atoms with Crippen molar-refractivity contribution in [3.63, 3.8) is 0 Å². The average molecular weight is 148 g/mol. The minimum absolute atomic E-state index is 0.833. The van der Waals surface area contributed by atoms with Crippen LogP contribution in [0.25, 0.3) is 0 Å². The highest BCUT2D eigenvalue weighted by Crippen LogP contribution is 1.44. The lowest BCUT2D eigenvalue weighted by molar-refractivity contribution is -0.134. The van der Waals surface area contributed by atoms with Crippen molar-refractivity contribution in [1.82, 2.24) is 10.9 Å². The summed E-state index contributed by atoms with van der Waals surface area (Å²) >= 11 is 0. The van der Waals surface area contributed by atoms with Crippen LogP contribution in [0.15, 0.2) is 0 Å². The Kier molecular flexibility index (Phi) is 13.6. The third-order valence-electron chi connectivity index (χ3n) is 0.479. The Morgan fingerprint density at radius 2 is 1.50 bits per heavy atom. The third kappa shape index (κ3) is 52.8. The molecule has 4 nitrogen and oxygen atoms in total. The van der Waals surface area contributed by atoms with E-state index in [1.807, 2.05) is 0 Å². The van der Waals surface area contributed by atoms with Gasteiger partial charge in [0.05, 0.1) is 0 Å². The first-order valence-electron chi connectivity index (χ1n) is 3.30. The zero-order valence-electron chi connectivity index (χ0n) is 6.77. The van der Waals surface area contributed by atoms with Crippen LogP contribution in [0.3, 0.4) is 0 Å². The highest BCUT2D eigenvalue weighted by atomic mass is 16.4. The van der Waals surface area contributed by atoms with Gasteiger partial charge in [0.15, 0.2) is 0 Å². The molecule has 0 heterocycles. The molecule has 0 saturated heterocycles. The third-order valence-corrected chi connectivity index (χ3v) is 0.479. The number of carboxylic acid groups (broad SMARTS) is 1. The zero-order valence-corrected chi connectivity index (χ0v) is 6.77. The molecular weight excluding hydrogens is 132 g/mol. The molecule has 0 aromatic heterocycles. The molecular formula is C6H16N2O2. The Hall–Kier alpha value is -0.610. The molecule has 0 aromatic carbocycles. The van der Waals surface area contributed by atoms with E-state index in [4.69, 9.17) is 9.90 Å². The maximum absolute atomic E-state index is 9.00. The lowest BCUT2D eigenvalue weighted by atomic mass is 10.8. The highest BCUT2D eigenvalue weighted by Gasteiger charge is 1.67. The van der Waals surface area contributed by atoms with Gasteiger partial charge in [0.1, 0.15) is 0 Å². The van der Waals surface area contributed by atoms with E-state index < -0.39 is 5.97 Å². The summed E-state index contributed by atoms with van der Waals surface area (Å²) in [6.45, 7) is 7.19. The van der Waals surface area contributed by atoms with Gasteiger partial charge in [-0.05, 0) is 0 Å². The van der Waals surface area contributed by atoms with Gasteiger partial charge < -0.3 is 5.11 Å². The molecule has 0 aliphatic rings. The smallest absolute Gasteiger partial charge is 0.300 e. The lowest BCUT2D eigenvalue weighted by Crippen LogP contribution is -2.30. The summed E-state index contributed by atoms with van der Waals surface area (Å²) < 4.78 is 0. The van der Waals surface area contributed by atoms with Gasteiger partial charge >= 0.3 is 0 Å². The molecule has 0 spiro atoms. The average Bonchev–Trinajstić information content (AvgIpc) is 1.82. The predicted molar refractivity (Wildman–Crippen MR) is 40.7 cm³/mol. The van der Waals surface area contributed by atoms with Gasteiger partial charge in [-0.25, -0.2) is 0 Å². The van der Waals surface area contributed by atoms with Crippen LogP contribution in [0.4, 0.5) is 0 Å². The Labute approximate surface area is 61.6 Å². The van der Waals surface area contributed by atoms with E-state index in [1.54, 1.807) is 0 Å². The number of aliphatic carboxylic acids is 1. The van der Waals surface area contributed by atoms with E-state index in [1.165, 1.54) is 0 Å². The fraction of sp³-hybridized carbons (Fsp3) is 0.833. The van der Waals surface area contributed by atoms with E-state index >= 15 is 0 Å². The standard InChI is InChI=1S/C4H12N2.C2H4O2/c1-3-5-6-4-2;1-2(3)4/h5-6H,3-4H2,1-2H3;1H3,(H,3,4). The van der Waals surface area contributed by atoms with E-state index in [-0.39, 0.29) is 0 Å². The summed E-state index contributed by atoms with van der Waals surface area (Å²) in [6.07, 6.45) is 0. The fourth-order valence-electron chi connectivity index (χ4n) is 0.250. The molecule has 0 atom stereocenters. The van der Waals surface area contributed by atoms with Gasteiger partial charge in [-0.15, -0.1) is 0 Å². The minimum Gasteiger partial charge on any atom is -0.481 e. The summed E-state index contributed by atoms with van der Waals surface area (Å²) in [5.41, 5.74) is 5.90. The van der Waals surface area contributed by atoms with Gasteiger partial charge in [-0.2, -0.15) is 0 Å². The summed E-state index contributed by atoms with van der Waals surface area (Å²) in [4.78, 5) is 9.00. The van der Waals surface area contributed by atoms with Crippen LogP contribution in [0.5, 0.6) is 0 Å². The van der Waals surface area contributed by atoms with Crippen LogP contribution < -0.4 is 10.9 Å². The van der Waals surface area contributed by atoms with Crippen LogP contribution in [0.2, 0.25) is 0 Å². The maximum atomic E-state index is 9.00. The van der Waals surface area contributed by atoms with Crippen molar-refractivity contribution in [3.8, 4) is 0 Å². The van der Waals surface area contributed by atoms with Crippen molar-refractivity contribution in [2.75, 3.05) is 13.1 Å². The first-order chi connectivity index (χ1) is 4.65. The molecule has 62 valence electrons.